The molecule has 3 amide bonds. The number of carbonyl (C=O) groups excluding carboxylic acids is 3. The highest BCUT2D eigenvalue weighted by Gasteiger charge is 2.27. The van der Waals surface area contributed by atoms with Gasteiger partial charge in [-0.3, -0.25) is 4.79 Å². The number of Topliss-reactive ketones (excluding diaryl/α,β-unsaturated/α-hetero) is 1. The number of ketones is 1. The Kier molecular flexibility index (Phi) is 8.56. The fourth-order valence-corrected chi connectivity index (χ4v) is 3.87. The van der Waals surface area contributed by atoms with Crippen LogP contribution in [0, 0.1) is 5.92 Å². The zero-order chi connectivity index (χ0) is 24.7. The predicted octanol–water partition coefficient (Wildman–Crippen LogP) is 5.17. The summed E-state index contributed by atoms with van der Waals surface area (Å²) in [6, 6.07) is 14.5. The van der Waals surface area contributed by atoms with Gasteiger partial charge in [-0.05, 0) is 69.0 Å². The quantitative estimate of drug-likeness (QED) is 0.552. The summed E-state index contributed by atoms with van der Waals surface area (Å²) < 4.78 is 5.23. The first-order valence-corrected chi connectivity index (χ1v) is 11.9. The molecule has 182 valence electrons. The highest BCUT2D eigenvalue weighted by molar-refractivity contribution is 6.30. The van der Waals surface area contributed by atoms with E-state index in [4.69, 9.17) is 16.3 Å². The molecule has 0 saturated carbocycles. The summed E-state index contributed by atoms with van der Waals surface area (Å²) in [7, 11) is 0. The number of urea groups is 1. The smallest absolute Gasteiger partial charge is 0.407 e. The highest BCUT2D eigenvalue weighted by Crippen LogP contribution is 2.23. The maximum absolute atomic E-state index is 12.7. The normalized spacial score (nSPS) is 14.4. The molecule has 0 aromatic heterocycles. The molecule has 0 radical (unpaired) electrons. The molecule has 3 rings (SSSR count). The summed E-state index contributed by atoms with van der Waals surface area (Å²) in [5.41, 5.74) is 2.03. The van der Waals surface area contributed by atoms with Gasteiger partial charge in [-0.25, -0.2) is 9.59 Å². The molecule has 0 aliphatic carbocycles. The molecule has 1 aliphatic rings. The highest BCUT2D eigenvalue weighted by atomic mass is 35.5. The van der Waals surface area contributed by atoms with Gasteiger partial charge in [0.05, 0.1) is 0 Å². The van der Waals surface area contributed by atoms with E-state index in [1.165, 1.54) is 0 Å². The van der Waals surface area contributed by atoms with E-state index in [0.717, 1.165) is 11.1 Å². The molecule has 1 aliphatic heterocycles. The molecule has 2 N–H and O–H groups in total. The molecule has 7 nitrogen and oxygen atoms in total. The largest absolute Gasteiger partial charge is 0.444 e. The van der Waals surface area contributed by atoms with Crippen LogP contribution < -0.4 is 10.6 Å². The topological polar surface area (TPSA) is 87.7 Å². The molecule has 0 spiro atoms. The lowest BCUT2D eigenvalue weighted by Gasteiger charge is -2.31. The lowest BCUT2D eigenvalue weighted by Crippen LogP contribution is -2.45. The van der Waals surface area contributed by atoms with Crippen molar-refractivity contribution in [2.75, 3.05) is 13.1 Å². The van der Waals surface area contributed by atoms with Crippen molar-refractivity contribution < 1.29 is 19.1 Å². The Hall–Kier alpha value is -3.06. The van der Waals surface area contributed by atoms with Crippen LogP contribution in [0.5, 0.6) is 0 Å². The Morgan fingerprint density at radius 1 is 0.912 bits per heavy atom. The average Bonchev–Trinajstić information content (AvgIpc) is 2.81. The molecule has 34 heavy (non-hydrogen) atoms. The molecule has 0 bridgehead atoms. The zero-order valence-corrected chi connectivity index (χ0v) is 20.7. The third kappa shape index (κ3) is 7.76. The number of halogens is 1. The van der Waals surface area contributed by atoms with Gasteiger partial charge >= 0.3 is 12.1 Å². The van der Waals surface area contributed by atoms with Gasteiger partial charge < -0.3 is 20.3 Å². The molecular formula is C26H32ClN3O4. The summed E-state index contributed by atoms with van der Waals surface area (Å²) in [5.74, 6) is 0.0324. The van der Waals surface area contributed by atoms with Gasteiger partial charge in [0, 0.05) is 42.7 Å². The van der Waals surface area contributed by atoms with Crippen LogP contribution in [0.1, 0.15) is 55.1 Å². The minimum atomic E-state index is -0.534. The number of amides is 3. The van der Waals surface area contributed by atoms with Crippen LogP contribution in [-0.4, -0.2) is 41.5 Å². The maximum Gasteiger partial charge on any atom is 0.407 e. The van der Waals surface area contributed by atoms with Crippen LogP contribution in [0.4, 0.5) is 9.59 Å². The predicted molar refractivity (Wildman–Crippen MR) is 132 cm³/mol. The molecule has 1 heterocycles. The molecule has 0 atom stereocenters. The molecule has 1 saturated heterocycles. The van der Waals surface area contributed by atoms with Crippen molar-refractivity contribution in [3.63, 3.8) is 0 Å². The van der Waals surface area contributed by atoms with Crippen molar-refractivity contribution in [3.05, 3.63) is 70.2 Å². The van der Waals surface area contributed by atoms with E-state index in [0.29, 0.717) is 49.6 Å². The Labute approximate surface area is 205 Å². The van der Waals surface area contributed by atoms with E-state index < -0.39 is 11.7 Å². The Morgan fingerprint density at radius 3 is 1.97 bits per heavy atom. The van der Waals surface area contributed by atoms with Crippen LogP contribution in [0.25, 0.3) is 0 Å². The number of likely N-dealkylation sites (tertiary alicyclic amines) is 1. The number of benzene rings is 2. The maximum atomic E-state index is 12.7. The second-order valence-corrected chi connectivity index (χ2v) is 9.90. The summed E-state index contributed by atoms with van der Waals surface area (Å²) in [6.45, 7) is 7.32. The average molecular weight is 486 g/mol. The molecule has 8 heteroatoms. The van der Waals surface area contributed by atoms with Crippen molar-refractivity contribution in [1.82, 2.24) is 15.5 Å². The molecule has 0 unspecified atom stereocenters. The van der Waals surface area contributed by atoms with E-state index in [1.807, 2.05) is 45.0 Å². The van der Waals surface area contributed by atoms with Gasteiger partial charge in [0.2, 0.25) is 0 Å². The SMILES string of the molecule is CC(C)(C)OC(=O)NCc1ccc(CNC(=O)N2CCC(C(=O)c3ccc(Cl)cc3)CC2)cc1. The molecule has 1 fully saturated rings. The van der Waals surface area contributed by atoms with Crippen molar-refractivity contribution in [2.24, 2.45) is 5.92 Å². The van der Waals surface area contributed by atoms with E-state index in [-0.39, 0.29) is 17.7 Å². The van der Waals surface area contributed by atoms with E-state index in [1.54, 1.807) is 29.2 Å². The van der Waals surface area contributed by atoms with Gasteiger partial charge in [-0.2, -0.15) is 0 Å². The fraction of sp³-hybridized carbons (Fsp3) is 0.423. The second kappa shape index (κ2) is 11.4. The number of rotatable bonds is 6. The first-order valence-electron chi connectivity index (χ1n) is 11.5. The monoisotopic (exact) mass is 485 g/mol. The summed E-state index contributed by atoms with van der Waals surface area (Å²) in [5, 5.41) is 6.28. The first kappa shape index (κ1) is 25.6. The Morgan fingerprint density at radius 2 is 1.44 bits per heavy atom. The number of piperidine rings is 1. The van der Waals surface area contributed by atoms with Gasteiger partial charge in [-0.1, -0.05) is 35.9 Å². The van der Waals surface area contributed by atoms with Crippen molar-refractivity contribution >= 4 is 29.5 Å². The zero-order valence-electron chi connectivity index (χ0n) is 19.9. The number of carbonyl (C=O) groups is 3. The van der Waals surface area contributed by atoms with Gasteiger partial charge in [-0.15, -0.1) is 0 Å². The molecule has 2 aromatic rings. The van der Waals surface area contributed by atoms with E-state index >= 15 is 0 Å². The third-order valence-corrected chi connectivity index (χ3v) is 5.84. The Balaban J connectivity index is 1.40. The number of hydrogen-bond donors (Lipinski definition) is 2. The van der Waals surface area contributed by atoms with Gasteiger partial charge in [0.1, 0.15) is 5.60 Å². The van der Waals surface area contributed by atoms with E-state index in [9.17, 15) is 14.4 Å². The Bertz CT molecular complexity index is 992. The van der Waals surface area contributed by atoms with Crippen molar-refractivity contribution in [2.45, 2.75) is 52.3 Å². The van der Waals surface area contributed by atoms with E-state index in [2.05, 4.69) is 10.6 Å². The number of ether oxygens (including phenoxy) is 1. The van der Waals surface area contributed by atoms with Crippen LogP contribution in [0.3, 0.4) is 0 Å². The van der Waals surface area contributed by atoms with Gasteiger partial charge in [0.15, 0.2) is 5.78 Å². The van der Waals surface area contributed by atoms with Crippen LogP contribution >= 0.6 is 11.6 Å². The van der Waals surface area contributed by atoms with Crippen LogP contribution in [-0.2, 0) is 17.8 Å². The summed E-state index contributed by atoms with van der Waals surface area (Å²) in [6.07, 6.45) is 0.838. The number of nitrogens with one attached hydrogen (secondary N) is 2. The minimum absolute atomic E-state index is 0.0768. The number of hydrogen-bond acceptors (Lipinski definition) is 4. The van der Waals surface area contributed by atoms with Crippen molar-refractivity contribution in [3.8, 4) is 0 Å². The summed E-state index contributed by atoms with van der Waals surface area (Å²) >= 11 is 5.90. The number of alkyl carbamates (subject to hydrolysis) is 1. The first-order chi connectivity index (χ1) is 16.1. The lowest BCUT2D eigenvalue weighted by molar-refractivity contribution is 0.0523. The number of nitrogens with zero attached hydrogens (tertiary/aromatic N) is 1. The van der Waals surface area contributed by atoms with Crippen molar-refractivity contribution in [1.29, 1.82) is 0 Å². The van der Waals surface area contributed by atoms with Gasteiger partial charge in [0.25, 0.3) is 0 Å². The summed E-state index contributed by atoms with van der Waals surface area (Å²) in [4.78, 5) is 38.8. The minimum Gasteiger partial charge on any atom is -0.444 e. The molecule has 2 aromatic carbocycles. The lowest BCUT2D eigenvalue weighted by atomic mass is 9.89. The molecular weight excluding hydrogens is 454 g/mol. The van der Waals surface area contributed by atoms with Crippen LogP contribution in [0.15, 0.2) is 48.5 Å². The van der Waals surface area contributed by atoms with Crippen LogP contribution in [0.2, 0.25) is 5.02 Å². The fourth-order valence-electron chi connectivity index (χ4n) is 3.75. The standard InChI is InChI=1S/C26H32ClN3O4/c1-26(2,3)34-25(33)29-17-19-6-4-18(5-7-19)16-28-24(32)30-14-12-21(13-15-30)23(31)20-8-10-22(27)11-9-20/h4-11,21H,12-17H2,1-3H3,(H,28,32)(H,29,33). The third-order valence-electron chi connectivity index (χ3n) is 5.58. The second-order valence-electron chi connectivity index (χ2n) is 9.46.